The molecule has 0 fully saturated rings. The van der Waals surface area contributed by atoms with E-state index in [9.17, 15) is 9.59 Å². The van der Waals surface area contributed by atoms with E-state index in [1.165, 1.54) is 7.11 Å². The number of fused-ring (bicyclic) bond motifs is 1. The summed E-state index contributed by atoms with van der Waals surface area (Å²) in [7, 11) is 3.28. The predicted molar refractivity (Wildman–Crippen MR) is 103 cm³/mol. The molecule has 26 heavy (non-hydrogen) atoms. The van der Waals surface area contributed by atoms with Crippen LogP contribution in [0.2, 0.25) is 0 Å². The van der Waals surface area contributed by atoms with Crippen molar-refractivity contribution in [3.8, 4) is 0 Å². The van der Waals surface area contributed by atoms with Gasteiger partial charge in [-0.15, -0.1) is 0 Å². The van der Waals surface area contributed by atoms with Crippen LogP contribution in [0, 0.1) is 0 Å². The number of methoxy groups -OCH3 is 1. The van der Waals surface area contributed by atoms with Crippen molar-refractivity contribution >= 4 is 32.8 Å². The average molecular weight is 416 g/mol. The largest absolute Gasteiger partial charge is 0.465 e. The molecule has 0 bridgehead atoms. The second-order valence-electron chi connectivity index (χ2n) is 6.03. The van der Waals surface area contributed by atoms with E-state index in [4.69, 9.17) is 4.74 Å². The summed E-state index contributed by atoms with van der Waals surface area (Å²) in [6.07, 6.45) is 0. The van der Waals surface area contributed by atoms with E-state index in [1.807, 2.05) is 31.3 Å². The van der Waals surface area contributed by atoms with Crippen LogP contribution in [0.4, 0.5) is 0 Å². The van der Waals surface area contributed by atoms with Crippen molar-refractivity contribution in [1.82, 2.24) is 14.9 Å². The van der Waals surface area contributed by atoms with Crippen molar-refractivity contribution in [2.75, 3.05) is 14.2 Å². The molecule has 1 aromatic heterocycles. The Morgan fingerprint density at radius 3 is 2.62 bits per heavy atom. The summed E-state index contributed by atoms with van der Waals surface area (Å²) in [6, 6.07) is 12.8. The summed E-state index contributed by atoms with van der Waals surface area (Å²) < 4.78 is 5.75. The molecule has 0 spiro atoms. The third-order valence-electron chi connectivity index (χ3n) is 3.96. The summed E-state index contributed by atoms with van der Waals surface area (Å²) in [5.74, 6) is 0.0898. The van der Waals surface area contributed by atoms with Gasteiger partial charge in [0.1, 0.15) is 5.82 Å². The number of nitrogens with zero attached hydrogens (tertiary/aromatic N) is 2. The maximum absolute atomic E-state index is 12.3. The minimum absolute atomic E-state index is 0.224. The number of hydrogen-bond acceptors (Lipinski definition) is 5. The summed E-state index contributed by atoms with van der Waals surface area (Å²) in [5.41, 5.74) is 1.78. The molecule has 134 valence electrons. The van der Waals surface area contributed by atoms with E-state index in [-0.39, 0.29) is 5.56 Å². The van der Waals surface area contributed by atoms with E-state index in [0.717, 1.165) is 16.6 Å². The van der Waals surface area contributed by atoms with Gasteiger partial charge in [0.05, 0.1) is 30.1 Å². The van der Waals surface area contributed by atoms with Crippen molar-refractivity contribution in [1.29, 1.82) is 0 Å². The van der Waals surface area contributed by atoms with Crippen LogP contribution >= 0.6 is 15.9 Å². The van der Waals surface area contributed by atoms with Crippen LogP contribution in [0.5, 0.6) is 0 Å². The van der Waals surface area contributed by atoms with Crippen molar-refractivity contribution in [2.24, 2.45) is 0 Å². The molecular formula is C19H18BrN3O3. The fourth-order valence-electron chi connectivity index (χ4n) is 2.72. The van der Waals surface area contributed by atoms with Gasteiger partial charge in [0.25, 0.3) is 5.56 Å². The molecule has 0 aliphatic heterocycles. The zero-order valence-corrected chi connectivity index (χ0v) is 16.0. The molecule has 1 N–H and O–H groups in total. The highest BCUT2D eigenvalue weighted by molar-refractivity contribution is 9.10. The highest BCUT2D eigenvalue weighted by Gasteiger charge is 2.11. The fraction of sp³-hybridized carbons (Fsp3) is 0.211. The SMILES string of the molecule is COC(=O)c1ccc2c(=O)[nH]c(CN(C)Cc3ccc(Br)cc3)nc2c1. The summed E-state index contributed by atoms with van der Waals surface area (Å²) in [5, 5.41) is 0.442. The maximum atomic E-state index is 12.3. The molecule has 3 rings (SSSR count). The number of rotatable bonds is 5. The van der Waals surface area contributed by atoms with E-state index >= 15 is 0 Å². The number of aromatic nitrogens is 2. The van der Waals surface area contributed by atoms with Crippen LogP contribution in [0.1, 0.15) is 21.7 Å². The Kier molecular flexibility index (Phi) is 5.49. The number of ether oxygens (including phenoxy) is 1. The molecule has 0 aliphatic rings. The number of aromatic amines is 1. The zero-order chi connectivity index (χ0) is 18.7. The maximum Gasteiger partial charge on any atom is 0.337 e. The Labute approximate surface area is 158 Å². The lowest BCUT2D eigenvalue weighted by Crippen LogP contribution is -2.22. The molecule has 0 saturated carbocycles. The Hall–Kier alpha value is -2.51. The number of carbonyl (C=O) groups excluding carboxylic acids is 1. The predicted octanol–water partition coefficient (Wildman–Crippen LogP) is 3.10. The molecular weight excluding hydrogens is 398 g/mol. The number of benzene rings is 2. The average Bonchev–Trinajstić information content (AvgIpc) is 2.62. The molecule has 0 aliphatic carbocycles. The molecule has 0 amide bonds. The first-order valence-corrected chi connectivity index (χ1v) is 8.80. The summed E-state index contributed by atoms with van der Waals surface area (Å²) >= 11 is 3.42. The van der Waals surface area contributed by atoms with Crippen molar-refractivity contribution in [3.63, 3.8) is 0 Å². The van der Waals surface area contributed by atoms with Crippen LogP contribution in [0.25, 0.3) is 10.9 Å². The molecule has 2 aromatic carbocycles. The third-order valence-corrected chi connectivity index (χ3v) is 4.49. The molecule has 0 saturated heterocycles. The minimum atomic E-state index is -0.456. The molecule has 7 heteroatoms. The monoisotopic (exact) mass is 415 g/mol. The van der Waals surface area contributed by atoms with Gasteiger partial charge in [0.15, 0.2) is 0 Å². The molecule has 0 radical (unpaired) electrons. The molecule has 0 unspecified atom stereocenters. The second-order valence-corrected chi connectivity index (χ2v) is 6.95. The number of carbonyl (C=O) groups is 1. The first-order valence-electron chi connectivity index (χ1n) is 8.00. The number of hydrogen-bond donors (Lipinski definition) is 1. The van der Waals surface area contributed by atoms with Gasteiger partial charge < -0.3 is 9.72 Å². The normalized spacial score (nSPS) is 11.1. The Morgan fingerprint density at radius 1 is 1.19 bits per heavy atom. The Morgan fingerprint density at radius 2 is 1.92 bits per heavy atom. The van der Waals surface area contributed by atoms with Crippen molar-refractivity contribution in [2.45, 2.75) is 13.1 Å². The topological polar surface area (TPSA) is 75.3 Å². The number of nitrogens with one attached hydrogen (secondary N) is 1. The van der Waals surface area contributed by atoms with Crippen LogP contribution in [-0.2, 0) is 17.8 Å². The number of esters is 1. The first kappa shape index (κ1) is 18.3. The van der Waals surface area contributed by atoms with Gasteiger partial charge >= 0.3 is 5.97 Å². The van der Waals surface area contributed by atoms with Gasteiger partial charge in [-0.3, -0.25) is 9.69 Å². The lowest BCUT2D eigenvalue weighted by atomic mass is 10.1. The Balaban J connectivity index is 1.83. The van der Waals surface area contributed by atoms with Crippen molar-refractivity contribution < 1.29 is 9.53 Å². The number of H-pyrrole nitrogens is 1. The van der Waals surface area contributed by atoms with Gasteiger partial charge in [-0.05, 0) is 42.9 Å². The van der Waals surface area contributed by atoms with Crippen molar-refractivity contribution in [3.05, 3.63) is 74.2 Å². The smallest absolute Gasteiger partial charge is 0.337 e. The van der Waals surface area contributed by atoms with E-state index < -0.39 is 5.97 Å². The molecule has 1 heterocycles. The quantitative estimate of drug-likeness (QED) is 0.647. The fourth-order valence-corrected chi connectivity index (χ4v) is 2.98. The van der Waals surface area contributed by atoms with Crippen LogP contribution in [-0.4, -0.2) is 35.0 Å². The molecule has 0 atom stereocenters. The van der Waals surface area contributed by atoms with Crippen LogP contribution < -0.4 is 5.56 Å². The van der Waals surface area contributed by atoms with E-state index in [2.05, 4.69) is 30.8 Å². The second kappa shape index (κ2) is 7.80. The number of halogens is 1. The summed E-state index contributed by atoms with van der Waals surface area (Å²) in [6.45, 7) is 1.20. The van der Waals surface area contributed by atoms with Gasteiger partial charge in [-0.2, -0.15) is 0 Å². The van der Waals surface area contributed by atoms with E-state index in [0.29, 0.717) is 28.8 Å². The lowest BCUT2D eigenvalue weighted by Gasteiger charge is -2.16. The van der Waals surface area contributed by atoms with Crippen LogP contribution in [0.15, 0.2) is 51.7 Å². The third kappa shape index (κ3) is 4.17. The molecule has 6 nitrogen and oxygen atoms in total. The lowest BCUT2D eigenvalue weighted by molar-refractivity contribution is 0.0601. The standard InChI is InChI=1S/C19H18BrN3O3/c1-23(10-12-3-6-14(20)7-4-12)11-17-21-16-9-13(19(25)26-2)5-8-15(16)18(24)22-17/h3-9H,10-11H2,1-2H3,(H,21,22,24). The zero-order valence-electron chi connectivity index (χ0n) is 14.5. The first-order chi connectivity index (χ1) is 12.5. The highest BCUT2D eigenvalue weighted by atomic mass is 79.9. The molecule has 3 aromatic rings. The van der Waals surface area contributed by atoms with Crippen LogP contribution in [0.3, 0.4) is 0 Å². The minimum Gasteiger partial charge on any atom is -0.465 e. The van der Waals surface area contributed by atoms with Gasteiger partial charge in [-0.1, -0.05) is 28.1 Å². The van der Waals surface area contributed by atoms with E-state index in [1.54, 1.807) is 18.2 Å². The Bertz CT molecular complexity index is 999. The highest BCUT2D eigenvalue weighted by Crippen LogP contribution is 2.14. The van der Waals surface area contributed by atoms with Gasteiger partial charge in [0, 0.05) is 11.0 Å². The van der Waals surface area contributed by atoms with Gasteiger partial charge in [0.2, 0.25) is 0 Å². The van der Waals surface area contributed by atoms with Gasteiger partial charge in [-0.25, -0.2) is 9.78 Å². The summed E-state index contributed by atoms with van der Waals surface area (Å²) in [4.78, 5) is 33.3.